The lowest BCUT2D eigenvalue weighted by atomic mass is 9.94. The van der Waals surface area contributed by atoms with Crippen LogP contribution in [0.15, 0.2) is 121 Å². The fourth-order valence-electron chi connectivity index (χ4n) is 4.96. The smallest absolute Gasteiger partial charge is 0.0440 e. The minimum Gasteiger partial charge on any atom is -0.135 e. The molecule has 0 fully saturated rings. The molecule has 0 spiro atoms. The second-order valence-electron chi connectivity index (χ2n) is 8.50. The lowest BCUT2D eigenvalue weighted by Crippen LogP contribution is -1.84. The molecular weight excluding hydrogens is 448 g/mol. The molecule has 0 radical (unpaired) electrons. The molecule has 0 aliphatic rings. The van der Waals surface area contributed by atoms with Crippen LogP contribution < -0.4 is 0 Å². The quantitative estimate of drug-likeness (QED) is 0.242. The Morgan fingerprint density at radius 1 is 0.382 bits per heavy atom. The Kier molecular flexibility index (Phi) is 4.61. The minimum atomic E-state index is 1.27. The van der Waals surface area contributed by atoms with Gasteiger partial charge in [-0.05, 0) is 17.2 Å². The maximum absolute atomic E-state index is 2.34. The van der Waals surface area contributed by atoms with Gasteiger partial charge >= 0.3 is 0 Å². The zero-order valence-corrected chi connectivity index (χ0v) is 20.0. The predicted molar refractivity (Wildman–Crippen MR) is 151 cm³/mol. The number of thiophene rings is 2. The zero-order valence-electron chi connectivity index (χ0n) is 18.4. The van der Waals surface area contributed by atoms with Crippen LogP contribution in [-0.2, 0) is 0 Å². The number of rotatable bonds is 3. The number of hydrogen-bond donors (Lipinski definition) is 0. The maximum Gasteiger partial charge on any atom is 0.0440 e. The standard InChI is InChI=1S/C32H20S2/c1-3-11-21(12-4-1)29-27(20-19-26-23-15-9-10-18-28(23)33-32(26)29)31-25-17-8-7-16-24(25)30(34-31)22-13-5-2-6-14-22/h1-20H. The van der Waals surface area contributed by atoms with Crippen LogP contribution in [0.5, 0.6) is 0 Å². The van der Waals surface area contributed by atoms with Gasteiger partial charge in [-0.1, -0.05) is 115 Å². The highest BCUT2D eigenvalue weighted by Gasteiger charge is 2.20. The van der Waals surface area contributed by atoms with Crippen molar-refractivity contribution in [3.63, 3.8) is 0 Å². The van der Waals surface area contributed by atoms with Crippen molar-refractivity contribution < 1.29 is 0 Å². The summed E-state index contributed by atoms with van der Waals surface area (Å²) in [6.07, 6.45) is 0. The molecule has 7 rings (SSSR count). The van der Waals surface area contributed by atoms with Gasteiger partial charge in [0.05, 0.1) is 0 Å². The van der Waals surface area contributed by atoms with E-state index in [-0.39, 0.29) is 0 Å². The van der Waals surface area contributed by atoms with E-state index in [4.69, 9.17) is 0 Å². The molecule has 34 heavy (non-hydrogen) atoms. The van der Waals surface area contributed by atoms with Crippen LogP contribution in [0.1, 0.15) is 0 Å². The average molecular weight is 469 g/mol. The van der Waals surface area contributed by atoms with E-state index in [2.05, 4.69) is 121 Å². The molecular formula is C32H20S2. The normalized spacial score (nSPS) is 11.5. The summed E-state index contributed by atoms with van der Waals surface area (Å²) in [6.45, 7) is 0. The van der Waals surface area contributed by atoms with Crippen molar-refractivity contribution in [2.45, 2.75) is 0 Å². The highest BCUT2D eigenvalue weighted by atomic mass is 32.1. The van der Waals surface area contributed by atoms with Gasteiger partial charge in [-0.15, -0.1) is 22.7 Å². The van der Waals surface area contributed by atoms with E-state index in [1.165, 1.54) is 63.0 Å². The summed E-state index contributed by atoms with van der Waals surface area (Å²) in [4.78, 5) is 2.68. The van der Waals surface area contributed by atoms with Gasteiger partial charge in [-0.3, -0.25) is 0 Å². The third-order valence-corrected chi connectivity index (χ3v) is 9.02. The summed E-state index contributed by atoms with van der Waals surface area (Å²) >= 11 is 3.81. The molecule has 0 aliphatic heterocycles. The third kappa shape index (κ3) is 3.03. The van der Waals surface area contributed by atoms with E-state index in [1.54, 1.807) is 0 Å². The molecule has 0 saturated carbocycles. The predicted octanol–water partition coefficient (Wildman–Crippen LogP) is 10.3. The van der Waals surface area contributed by atoms with Crippen molar-refractivity contribution in [3.05, 3.63) is 121 Å². The van der Waals surface area contributed by atoms with Crippen LogP contribution in [0.2, 0.25) is 0 Å². The molecule has 0 amide bonds. The van der Waals surface area contributed by atoms with E-state index in [0.29, 0.717) is 0 Å². The molecule has 2 heteroatoms. The van der Waals surface area contributed by atoms with Crippen LogP contribution in [0.25, 0.3) is 63.0 Å². The molecule has 0 nitrogen and oxygen atoms in total. The Morgan fingerprint density at radius 3 is 1.71 bits per heavy atom. The molecule has 0 bridgehead atoms. The first-order valence-corrected chi connectivity index (χ1v) is 13.1. The number of fused-ring (bicyclic) bond motifs is 4. The monoisotopic (exact) mass is 468 g/mol. The largest absolute Gasteiger partial charge is 0.135 e. The Bertz CT molecular complexity index is 1790. The second-order valence-corrected chi connectivity index (χ2v) is 10.6. The molecule has 160 valence electrons. The van der Waals surface area contributed by atoms with E-state index in [1.807, 2.05) is 22.7 Å². The molecule has 0 N–H and O–H groups in total. The van der Waals surface area contributed by atoms with E-state index in [0.717, 1.165) is 0 Å². The Balaban J connectivity index is 1.60. The van der Waals surface area contributed by atoms with Gasteiger partial charge in [0.1, 0.15) is 0 Å². The van der Waals surface area contributed by atoms with E-state index < -0.39 is 0 Å². The fourth-order valence-corrected chi connectivity index (χ4v) is 7.55. The molecule has 7 aromatic rings. The summed E-state index contributed by atoms with van der Waals surface area (Å²) in [6, 6.07) is 43.9. The van der Waals surface area contributed by atoms with Crippen LogP contribution in [0, 0.1) is 0 Å². The van der Waals surface area contributed by atoms with Gasteiger partial charge in [-0.25, -0.2) is 0 Å². The molecule has 0 saturated heterocycles. The summed E-state index contributed by atoms with van der Waals surface area (Å²) in [5.41, 5.74) is 5.20. The first-order valence-electron chi connectivity index (χ1n) is 11.5. The SMILES string of the molecule is c1ccc(-c2sc(-c3ccc4c(sc5ccccc54)c3-c3ccccc3)c3ccccc23)cc1. The van der Waals surface area contributed by atoms with Crippen LogP contribution >= 0.6 is 22.7 Å². The molecule has 0 aliphatic carbocycles. The van der Waals surface area contributed by atoms with Crippen molar-refractivity contribution in [1.29, 1.82) is 0 Å². The molecule has 0 unspecified atom stereocenters. The summed E-state index contributed by atoms with van der Waals surface area (Å²) < 4.78 is 2.71. The van der Waals surface area contributed by atoms with Gasteiger partial charge in [0.2, 0.25) is 0 Å². The van der Waals surface area contributed by atoms with Crippen molar-refractivity contribution in [2.24, 2.45) is 0 Å². The van der Waals surface area contributed by atoms with Gasteiger partial charge in [0.15, 0.2) is 0 Å². The van der Waals surface area contributed by atoms with Crippen molar-refractivity contribution in [1.82, 2.24) is 0 Å². The van der Waals surface area contributed by atoms with Crippen molar-refractivity contribution in [3.8, 4) is 32.0 Å². The van der Waals surface area contributed by atoms with Gasteiger partial charge in [0.25, 0.3) is 0 Å². The Hall–Kier alpha value is -3.72. The van der Waals surface area contributed by atoms with Gasteiger partial charge in [-0.2, -0.15) is 0 Å². The summed E-state index contributed by atoms with van der Waals surface area (Å²) in [5.74, 6) is 0. The fraction of sp³-hybridized carbons (Fsp3) is 0. The van der Waals surface area contributed by atoms with Crippen LogP contribution in [0.3, 0.4) is 0 Å². The Morgan fingerprint density at radius 2 is 0.971 bits per heavy atom. The van der Waals surface area contributed by atoms with E-state index in [9.17, 15) is 0 Å². The van der Waals surface area contributed by atoms with E-state index >= 15 is 0 Å². The van der Waals surface area contributed by atoms with Crippen molar-refractivity contribution in [2.75, 3.05) is 0 Å². The van der Waals surface area contributed by atoms with Crippen LogP contribution in [0.4, 0.5) is 0 Å². The first-order chi connectivity index (χ1) is 16.9. The second kappa shape index (κ2) is 7.95. The lowest BCUT2D eigenvalue weighted by molar-refractivity contribution is 1.67. The van der Waals surface area contributed by atoms with Crippen molar-refractivity contribution >= 4 is 53.6 Å². The highest BCUT2D eigenvalue weighted by Crippen LogP contribution is 2.50. The molecule has 2 heterocycles. The Labute approximate surface area is 206 Å². The maximum atomic E-state index is 2.34. The van der Waals surface area contributed by atoms with Gasteiger partial charge in [0, 0.05) is 51.8 Å². The minimum absolute atomic E-state index is 1.27. The van der Waals surface area contributed by atoms with Gasteiger partial charge < -0.3 is 0 Å². The first kappa shape index (κ1) is 19.7. The average Bonchev–Trinajstić information content (AvgIpc) is 3.48. The van der Waals surface area contributed by atoms with Crippen LogP contribution in [-0.4, -0.2) is 0 Å². The third-order valence-electron chi connectivity index (χ3n) is 6.51. The molecule has 0 atom stereocenters. The lowest BCUT2D eigenvalue weighted by Gasteiger charge is -2.11. The molecule has 5 aromatic carbocycles. The number of benzene rings is 5. The molecule has 2 aromatic heterocycles. The summed E-state index contributed by atoms with van der Waals surface area (Å²) in [5, 5.41) is 5.33. The topological polar surface area (TPSA) is 0 Å². The number of hydrogen-bond acceptors (Lipinski definition) is 2. The highest BCUT2D eigenvalue weighted by molar-refractivity contribution is 7.26. The zero-order chi connectivity index (χ0) is 22.5. The summed E-state index contributed by atoms with van der Waals surface area (Å²) in [7, 11) is 0.